The first-order chi connectivity index (χ1) is 15.7. The Balaban J connectivity index is 1.56. The molecular formula is C24H26F3NO5. The van der Waals surface area contributed by atoms with Crippen molar-refractivity contribution in [3.63, 3.8) is 0 Å². The average Bonchev–Trinajstić information content (AvgIpc) is 2.77. The van der Waals surface area contributed by atoms with E-state index in [1.54, 1.807) is 30.0 Å². The lowest BCUT2D eigenvalue weighted by atomic mass is 10.00. The standard InChI is InChI=1S/C24H26F3NO5/c1-2-31-22(29)11-10-17-6-3-4-9-21(17)23(30)28-14-12-18(13-15-28)32-19-7-5-8-20(16-19)33-24(25,26)27/h3-9,16,18H,2,10-15H2,1H3. The summed E-state index contributed by atoms with van der Waals surface area (Å²) in [6.07, 6.45) is -3.30. The highest BCUT2D eigenvalue weighted by atomic mass is 19.4. The molecule has 0 spiro atoms. The number of halogens is 3. The predicted octanol–water partition coefficient (Wildman–Crippen LogP) is 4.76. The number of alkyl halides is 3. The van der Waals surface area contributed by atoms with E-state index in [1.165, 1.54) is 18.2 Å². The number of amides is 1. The van der Waals surface area contributed by atoms with Crippen molar-refractivity contribution in [3.05, 3.63) is 59.7 Å². The number of benzene rings is 2. The second kappa shape index (κ2) is 11.1. The van der Waals surface area contributed by atoms with Crippen LogP contribution in [0.25, 0.3) is 0 Å². The number of ether oxygens (including phenoxy) is 3. The number of carbonyl (C=O) groups excluding carboxylic acids is 2. The third-order valence-corrected chi connectivity index (χ3v) is 5.22. The van der Waals surface area contributed by atoms with Crippen molar-refractivity contribution >= 4 is 11.9 Å². The van der Waals surface area contributed by atoms with Crippen LogP contribution in [0.3, 0.4) is 0 Å². The van der Waals surface area contributed by atoms with E-state index in [0.29, 0.717) is 44.5 Å². The minimum absolute atomic E-state index is 0.117. The van der Waals surface area contributed by atoms with Gasteiger partial charge in [0.05, 0.1) is 6.61 Å². The van der Waals surface area contributed by atoms with Crippen molar-refractivity contribution in [1.82, 2.24) is 4.90 Å². The fourth-order valence-corrected chi connectivity index (χ4v) is 3.70. The number of likely N-dealkylation sites (tertiary alicyclic amines) is 1. The van der Waals surface area contributed by atoms with E-state index in [-0.39, 0.29) is 35.9 Å². The Morgan fingerprint density at radius 3 is 2.42 bits per heavy atom. The summed E-state index contributed by atoms with van der Waals surface area (Å²) in [5.74, 6) is -0.478. The molecule has 0 aliphatic carbocycles. The molecule has 0 atom stereocenters. The van der Waals surface area contributed by atoms with Gasteiger partial charge in [-0.05, 0) is 37.1 Å². The lowest BCUT2D eigenvalue weighted by Gasteiger charge is -2.32. The zero-order valence-corrected chi connectivity index (χ0v) is 18.3. The lowest BCUT2D eigenvalue weighted by Crippen LogP contribution is -2.42. The Morgan fingerprint density at radius 1 is 1.03 bits per heavy atom. The molecule has 1 heterocycles. The number of carbonyl (C=O) groups is 2. The van der Waals surface area contributed by atoms with Gasteiger partial charge in [0, 0.05) is 44.0 Å². The number of piperidine rings is 1. The molecule has 0 aromatic heterocycles. The summed E-state index contributed by atoms with van der Waals surface area (Å²) in [5, 5.41) is 0. The predicted molar refractivity (Wildman–Crippen MR) is 114 cm³/mol. The molecule has 1 aliphatic rings. The Bertz CT molecular complexity index is 955. The summed E-state index contributed by atoms with van der Waals surface area (Å²) in [7, 11) is 0. The van der Waals surface area contributed by atoms with Crippen molar-refractivity contribution in [3.8, 4) is 11.5 Å². The van der Waals surface area contributed by atoms with Crippen LogP contribution in [0.15, 0.2) is 48.5 Å². The fourth-order valence-electron chi connectivity index (χ4n) is 3.70. The van der Waals surface area contributed by atoms with Gasteiger partial charge in [-0.1, -0.05) is 24.3 Å². The summed E-state index contributed by atoms with van der Waals surface area (Å²) in [6, 6.07) is 12.6. The number of hydrogen-bond acceptors (Lipinski definition) is 5. The molecule has 178 valence electrons. The van der Waals surface area contributed by atoms with Crippen LogP contribution in [0.1, 0.15) is 42.1 Å². The van der Waals surface area contributed by atoms with Gasteiger partial charge in [0.15, 0.2) is 0 Å². The van der Waals surface area contributed by atoms with Crippen LogP contribution in [0.4, 0.5) is 13.2 Å². The lowest BCUT2D eigenvalue weighted by molar-refractivity contribution is -0.274. The van der Waals surface area contributed by atoms with Crippen LogP contribution < -0.4 is 9.47 Å². The minimum Gasteiger partial charge on any atom is -0.490 e. The molecule has 1 aliphatic heterocycles. The summed E-state index contributed by atoms with van der Waals surface area (Å²) in [5.41, 5.74) is 1.34. The number of esters is 1. The molecule has 0 radical (unpaired) electrons. The third-order valence-electron chi connectivity index (χ3n) is 5.22. The molecule has 1 saturated heterocycles. The maximum Gasteiger partial charge on any atom is 0.573 e. The summed E-state index contributed by atoms with van der Waals surface area (Å²) >= 11 is 0. The molecule has 1 fully saturated rings. The Hall–Kier alpha value is -3.23. The molecule has 33 heavy (non-hydrogen) atoms. The molecular weight excluding hydrogens is 439 g/mol. The molecule has 9 heteroatoms. The maximum absolute atomic E-state index is 13.1. The van der Waals surface area contributed by atoms with Crippen LogP contribution in [0.2, 0.25) is 0 Å². The van der Waals surface area contributed by atoms with Gasteiger partial charge in [-0.2, -0.15) is 0 Å². The van der Waals surface area contributed by atoms with Crippen LogP contribution >= 0.6 is 0 Å². The van der Waals surface area contributed by atoms with Gasteiger partial charge in [-0.25, -0.2) is 0 Å². The number of rotatable bonds is 8. The molecule has 2 aromatic rings. The molecule has 6 nitrogen and oxygen atoms in total. The first-order valence-electron chi connectivity index (χ1n) is 10.8. The van der Waals surface area contributed by atoms with Crippen LogP contribution in [0, 0.1) is 0 Å². The highest BCUT2D eigenvalue weighted by Crippen LogP contribution is 2.28. The van der Waals surface area contributed by atoms with Crippen LogP contribution in [-0.2, 0) is 16.0 Å². The highest BCUT2D eigenvalue weighted by molar-refractivity contribution is 5.95. The Morgan fingerprint density at radius 2 is 1.73 bits per heavy atom. The Kier molecular flexibility index (Phi) is 8.19. The highest BCUT2D eigenvalue weighted by Gasteiger charge is 2.31. The van der Waals surface area contributed by atoms with Gasteiger partial charge in [0.1, 0.15) is 17.6 Å². The first-order valence-corrected chi connectivity index (χ1v) is 10.8. The van der Waals surface area contributed by atoms with Crippen LogP contribution in [0.5, 0.6) is 11.5 Å². The van der Waals surface area contributed by atoms with E-state index < -0.39 is 6.36 Å². The first kappa shape index (κ1) is 24.4. The van der Waals surface area contributed by atoms with Crippen molar-refractivity contribution in [2.75, 3.05) is 19.7 Å². The molecule has 0 bridgehead atoms. The van der Waals surface area contributed by atoms with E-state index >= 15 is 0 Å². The second-order valence-electron chi connectivity index (χ2n) is 7.59. The van der Waals surface area contributed by atoms with Crippen molar-refractivity contribution < 1.29 is 37.0 Å². The quantitative estimate of drug-likeness (QED) is 0.526. The van der Waals surface area contributed by atoms with E-state index in [2.05, 4.69) is 4.74 Å². The van der Waals surface area contributed by atoms with Gasteiger partial charge < -0.3 is 19.1 Å². The normalized spacial score (nSPS) is 14.6. The zero-order chi connectivity index (χ0) is 23.8. The third kappa shape index (κ3) is 7.40. The van der Waals surface area contributed by atoms with Gasteiger partial charge in [-0.3, -0.25) is 9.59 Å². The number of nitrogens with zero attached hydrogens (tertiary/aromatic N) is 1. The van der Waals surface area contributed by atoms with Gasteiger partial charge >= 0.3 is 12.3 Å². The molecule has 0 unspecified atom stereocenters. The molecule has 3 rings (SSSR count). The van der Waals surface area contributed by atoms with Crippen molar-refractivity contribution in [2.45, 2.75) is 45.1 Å². The fraction of sp³-hybridized carbons (Fsp3) is 0.417. The van der Waals surface area contributed by atoms with Crippen molar-refractivity contribution in [1.29, 1.82) is 0 Å². The summed E-state index contributed by atoms with van der Waals surface area (Å²) < 4.78 is 52.0. The smallest absolute Gasteiger partial charge is 0.490 e. The summed E-state index contributed by atoms with van der Waals surface area (Å²) in [4.78, 5) is 26.5. The van der Waals surface area contributed by atoms with Crippen LogP contribution in [-0.4, -0.2) is 48.9 Å². The largest absolute Gasteiger partial charge is 0.573 e. The number of aryl methyl sites for hydroxylation is 1. The molecule has 1 amide bonds. The van der Waals surface area contributed by atoms with E-state index in [9.17, 15) is 22.8 Å². The van der Waals surface area contributed by atoms with Crippen molar-refractivity contribution in [2.24, 2.45) is 0 Å². The van der Waals surface area contributed by atoms with E-state index in [1.807, 2.05) is 12.1 Å². The monoisotopic (exact) mass is 465 g/mol. The maximum atomic E-state index is 13.1. The average molecular weight is 465 g/mol. The number of hydrogen-bond donors (Lipinski definition) is 0. The molecule has 2 aromatic carbocycles. The van der Waals surface area contributed by atoms with E-state index in [0.717, 1.165) is 5.56 Å². The molecule has 0 saturated carbocycles. The SMILES string of the molecule is CCOC(=O)CCc1ccccc1C(=O)N1CCC(Oc2cccc(OC(F)(F)F)c2)CC1. The van der Waals surface area contributed by atoms with E-state index in [4.69, 9.17) is 9.47 Å². The van der Waals surface area contributed by atoms with Gasteiger partial charge in [0.2, 0.25) is 0 Å². The topological polar surface area (TPSA) is 65.1 Å². The minimum atomic E-state index is -4.77. The molecule has 0 N–H and O–H groups in total. The second-order valence-corrected chi connectivity index (χ2v) is 7.59. The van der Waals surface area contributed by atoms with Gasteiger partial charge in [-0.15, -0.1) is 13.2 Å². The zero-order valence-electron chi connectivity index (χ0n) is 18.3. The van der Waals surface area contributed by atoms with Gasteiger partial charge in [0.25, 0.3) is 5.91 Å². The Labute approximate surface area is 190 Å². The summed E-state index contributed by atoms with van der Waals surface area (Å²) in [6.45, 7) is 2.97.